The summed E-state index contributed by atoms with van der Waals surface area (Å²) in [5.74, 6) is 0. The smallest absolute Gasteiger partial charge is 1.00 e. The summed E-state index contributed by atoms with van der Waals surface area (Å²) in [5, 5.41) is 0. The fourth-order valence-electron chi connectivity index (χ4n) is 0. The molecule has 58 valence electrons. The second-order valence-electron chi connectivity index (χ2n) is 0. The van der Waals surface area contributed by atoms with E-state index in [1.807, 2.05) is 0 Å². The third-order valence-electron chi connectivity index (χ3n) is 0. The maximum absolute atomic E-state index is 0. The van der Waals surface area contributed by atoms with Gasteiger partial charge in [0, 0.05) is 0 Å². The van der Waals surface area contributed by atoms with E-state index < -0.39 is 0 Å². The molecule has 0 aliphatic rings. The van der Waals surface area contributed by atoms with Crippen LogP contribution < -0.4 is 32.9 Å². The van der Waals surface area contributed by atoms with Crippen molar-refractivity contribution in [3.63, 3.8) is 0 Å². The van der Waals surface area contributed by atoms with Crippen molar-refractivity contribution in [3.8, 4) is 0 Å². The van der Waals surface area contributed by atoms with Crippen LogP contribution in [0.15, 0.2) is 0 Å². The molecular formula is F7WY. The Morgan fingerprint density at radius 2 is 0.333 bits per heavy atom. The van der Waals surface area contributed by atoms with E-state index in [-0.39, 0.29) is 86.7 Å². The number of hydrogen-bond acceptors (Lipinski definition) is 0. The first kappa shape index (κ1) is 526. The van der Waals surface area contributed by atoms with Gasteiger partial charge in [0.25, 0.3) is 0 Å². The monoisotopic (exact) mass is 406 g/mol. The van der Waals surface area contributed by atoms with Gasteiger partial charge in [-0.2, -0.15) is 0 Å². The van der Waals surface area contributed by atoms with Gasteiger partial charge in [-0.25, -0.2) is 0 Å². The SMILES string of the molecule is [F-].[F-].[F-].[F-].[F-].[F-].[F-].[W+4].[Y+3]. The zero-order valence-electron chi connectivity index (χ0n) is 3.63. The molecule has 0 bridgehead atoms. The largest absolute Gasteiger partial charge is 4.00 e. The van der Waals surface area contributed by atoms with Crippen LogP contribution in [0.3, 0.4) is 0 Å². The van der Waals surface area contributed by atoms with E-state index >= 15 is 0 Å². The van der Waals surface area contributed by atoms with Crippen LogP contribution in [0.25, 0.3) is 0 Å². The molecule has 0 N–H and O–H groups in total. The van der Waals surface area contributed by atoms with Gasteiger partial charge in [-0.1, -0.05) is 0 Å². The van der Waals surface area contributed by atoms with E-state index in [1.165, 1.54) is 0 Å². The van der Waals surface area contributed by atoms with E-state index in [9.17, 15) is 0 Å². The second kappa shape index (κ2) is 378. The Hall–Kier alpha value is 1.30. The van der Waals surface area contributed by atoms with Crippen LogP contribution in [-0.4, -0.2) is 0 Å². The molecule has 0 amide bonds. The molecule has 0 nitrogen and oxygen atoms in total. The summed E-state index contributed by atoms with van der Waals surface area (Å²) in [6.45, 7) is 0. The van der Waals surface area contributed by atoms with E-state index in [1.54, 1.807) is 0 Å². The van der Waals surface area contributed by atoms with Crippen molar-refractivity contribution in [3.05, 3.63) is 0 Å². The summed E-state index contributed by atoms with van der Waals surface area (Å²) >= 11 is 0. The topological polar surface area (TPSA) is 0 Å². The predicted octanol–water partition coefficient (Wildman–Crippen LogP) is -21.0. The summed E-state index contributed by atoms with van der Waals surface area (Å²) in [7, 11) is 0. The normalized spacial score (nSPS) is 0. The number of rotatable bonds is 0. The van der Waals surface area contributed by atoms with Gasteiger partial charge in [0.2, 0.25) is 0 Å². The molecule has 0 unspecified atom stereocenters. The predicted molar refractivity (Wildman–Crippen MR) is 0 cm³/mol. The summed E-state index contributed by atoms with van der Waals surface area (Å²) in [6.07, 6.45) is 0. The zero-order chi connectivity index (χ0) is 0. The van der Waals surface area contributed by atoms with Crippen molar-refractivity contribution in [1.82, 2.24) is 0 Å². The van der Waals surface area contributed by atoms with Crippen LogP contribution in [0.1, 0.15) is 0 Å². The quantitative estimate of drug-likeness (QED) is 0.351. The van der Waals surface area contributed by atoms with E-state index in [0.717, 1.165) is 0 Å². The van der Waals surface area contributed by atoms with Crippen molar-refractivity contribution in [2.45, 2.75) is 0 Å². The summed E-state index contributed by atoms with van der Waals surface area (Å²) in [6, 6.07) is 0. The van der Waals surface area contributed by atoms with Crippen molar-refractivity contribution in [1.29, 1.82) is 0 Å². The van der Waals surface area contributed by atoms with E-state index in [2.05, 4.69) is 0 Å². The first-order valence-corrected chi connectivity index (χ1v) is 0. The number of hydrogen-bond donors (Lipinski definition) is 0. The van der Waals surface area contributed by atoms with Gasteiger partial charge in [0.1, 0.15) is 0 Å². The Balaban J connectivity index is 0. The molecule has 0 aliphatic carbocycles. The first-order valence-electron chi connectivity index (χ1n) is 0. The fourth-order valence-corrected chi connectivity index (χ4v) is 0. The molecule has 0 saturated heterocycles. The maximum Gasteiger partial charge on any atom is 4.00 e. The molecule has 0 atom stereocenters. The Bertz CT molecular complexity index is 8.88. The Morgan fingerprint density at radius 1 is 0.333 bits per heavy atom. The third kappa shape index (κ3) is 293. The maximum atomic E-state index is 0. The summed E-state index contributed by atoms with van der Waals surface area (Å²) in [5.41, 5.74) is 0. The standard InChI is InChI=1S/7FH.W.Y/h7*1H;;/q;;;;;;;+4;+3/p-7. The van der Waals surface area contributed by atoms with Gasteiger partial charge in [-0.05, 0) is 0 Å². The van der Waals surface area contributed by atoms with Crippen LogP contribution in [0, 0.1) is 0 Å². The van der Waals surface area contributed by atoms with Gasteiger partial charge in [-0.3, -0.25) is 0 Å². The fraction of sp³-hybridized carbons (Fsp3) is 0. The molecule has 9 heavy (non-hydrogen) atoms. The average Bonchev–Trinajstić information content (AvgIpc) is 0. The molecule has 0 aromatic rings. The molecule has 9 heteroatoms. The van der Waals surface area contributed by atoms with Gasteiger partial charge in [0.05, 0.1) is 0 Å². The minimum atomic E-state index is 0. The van der Waals surface area contributed by atoms with Crippen LogP contribution in [0.2, 0.25) is 0 Å². The second-order valence-corrected chi connectivity index (χ2v) is 0. The third-order valence-corrected chi connectivity index (χ3v) is 0. The van der Waals surface area contributed by atoms with Gasteiger partial charge >= 0.3 is 53.8 Å². The molecule has 0 heterocycles. The van der Waals surface area contributed by atoms with E-state index in [0.29, 0.717) is 0 Å². The Labute approximate surface area is 86.2 Å². The minimum absolute atomic E-state index is 0. The van der Waals surface area contributed by atoms with Crippen molar-refractivity contribution < 1.29 is 86.7 Å². The molecule has 0 aliphatic heterocycles. The Kier molecular flexibility index (Phi) is 22100. The molecule has 0 aromatic heterocycles. The van der Waals surface area contributed by atoms with Crippen molar-refractivity contribution in [2.24, 2.45) is 0 Å². The van der Waals surface area contributed by atoms with Gasteiger partial charge in [0.15, 0.2) is 0 Å². The summed E-state index contributed by atoms with van der Waals surface area (Å²) in [4.78, 5) is 0. The van der Waals surface area contributed by atoms with Crippen molar-refractivity contribution >= 4 is 0 Å². The summed E-state index contributed by atoms with van der Waals surface area (Å²) < 4.78 is 0. The molecule has 0 fully saturated rings. The van der Waals surface area contributed by atoms with E-state index in [4.69, 9.17) is 0 Å². The van der Waals surface area contributed by atoms with Gasteiger partial charge in [-0.15, -0.1) is 0 Å². The van der Waals surface area contributed by atoms with Crippen LogP contribution >= 0.6 is 0 Å². The van der Waals surface area contributed by atoms with Crippen LogP contribution in [0.4, 0.5) is 0 Å². The molecule has 0 rings (SSSR count). The minimum Gasteiger partial charge on any atom is -1.00 e. The van der Waals surface area contributed by atoms with Gasteiger partial charge < -0.3 is 32.9 Å². The first-order chi connectivity index (χ1) is 0. The molecule has 0 radical (unpaired) electrons. The van der Waals surface area contributed by atoms with Crippen LogP contribution in [0.5, 0.6) is 0 Å². The zero-order valence-corrected chi connectivity index (χ0v) is 9.40. The average molecular weight is 406 g/mol. The van der Waals surface area contributed by atoms with Crippen molar-refractivity contribution in [2.75, 3.05) is 0 Å². The molecule has 0 saturated carbocycles. The van der Waals surface area contributed by atoms with Crippen LogP contribution in [-0.2, 0) is 53.8 Å². The molecular weight excluding hydrogens is 406 g/mol. The molecule has 0 aromatic carbocycles. The number of halogens is 7. The Morgan fingerprint density at radius 3 is 0.333 bits per heavy atom. The molecule has 0 spiro atoms.